The Kier molecular flexibility index (Phi) is 7.06. The number of nitrogens with zero attached hydrogens (tertiary/aromatic N) is 3. The van der Waals surface area contributed by atoms with E-state index in [4.69, 9.17) is 5.10 Å². The second kappa shape index (κ2) is 11.1. The highest BCUT2D eigenvalue weighted by Crippen LogP contribution is 2.31. The number of anilines is 2. The van der Waals surface area contributed by atoms with E-state index in [2.05, 4.69) is 33.5 Å². The first-order valence-corrected chi connectivity index (χ1v) is 13.4. The number of nitrogens with one attached hydrogen (secondary N) is 3. The van der Waals surface area contributed by atoms with E-state index in [1.54, 1.807) is 0 Å². The summed E-state index contributed by atoms with van der Waals surface area (Å²) in [5.41, 5.74) is 8.09. The topological polar surface area (TPSA) is 108 Å². The number of hydrogen-bond donors (Lipinski definition) is 4. The van der Waals surface area contributed by atoms with Crippen LogP contribution in [0.2, 0.25) is 0 Å². The SMILES string of the molecule is C=CC(O)Nc1cccc(-c2nn(C)c3ccc(CCC(=O)Nc4cccc(-c5n[nH]c6ccccc56)c4)cc23)c1. The maximum atomic E-state index is 12.9. The highest BCUT2D eigenvalue weighted by atomic mass is 16.3. The summed E-state index contributed by atoms with van der Waals surface area (Å²) in [6.07, 6.45) is 1.53. The number of carbonyl (C=O) groups excluding carboxylic acids is 1. The molecule has 4 aromatic carbocycles. The number of fused-ring (bicyclic) bond motifs is 2. The van der Waals surface area contributed by atoms with E-state index in [9.17, 15) is 9.90 Å². The second-order valence-corrected chi connectivity index (χ2v) is 9.98. The third-order valence-electron chi connectivity index (χ3n) is 7.12. The van der Waals surface area contributed by atoms with Crippen LogP contribution in [0.3, 0.4) is 0 Å². The normalized spacial score (nSPS) is 12.0. The van der Waals surface area contributed by atoms with Gasteiger partial charge in [-0.3, -0.25) is 14.6 Å². The van der Waals surface area contributed by atoms with Crippen LogP contribution in [0.5, 0.6) is 0 Å². The van der Waals surface area contributed by atoms with Crippen LogP contribution in [0.1, 0.15) is 12.0 Å². The molecule has 8 nitrogen and oxygen atoms in total. The molecular weight excluding hydrogens is 512 g/mol. The minimum atomic E-state index is -0.837. The van der Waals surface area contributed by atoms with Crippen LogP contribution in [0, 0.1) is 0 Å². The zero-order chi connectivity index (χ0) is 28.3. The molecule has 0 aliphatic carbocycles. The summed E-state index contributed by atoms with van der Waals surface area (Å²) in [6.45, 7) is 3.61. The van der Waals surface area contributed by atoms with E-state index in [1.807, 2.05) is 96.7 Å². The maximum absolute atomic E-state index is 12.9. The van der Waals surface area contributed by atoms with Crippen molar-refractivity contribution in [3.8, 4) is 22.5 Å². The molecule has 6 rings (SSSR count). The van der Waals surface area contributed by atoms with Gasteiger partial charge >= 0.3 is 0 Å². The lowest BCUT2D eigenvalue weighted by molar-refractivity contribution is -0.116. The number of aromatic amines is 1. The predicted molar refractivity (Wildman–Crippen MR) is 164 cm³/mol. The van der Waals surface area contributed by atoms with Gasteiger partial charge in [0, 0.05) is 46.7 Å². The van der Waals surface area contributed by atoms with Crippen molar-refractivity contribution in [1.82, 2.24) is 20.0 Å². The lowest BCUT2D eigenvalue weighted by atomic mass is 10.0. The largest absolute Gasteiger partial charge is 0.370 e. The Hall–Kier alpha value is -5.21. The number of carbonyl (C=O) groups is 1. The van der Waals surface area contributed by atoms with Gasteiger partial charge < -0.3 is 15.7 Å². The molecule has 204 valence electrons. The summed E-state index contributed by atoms with van der Waals surface area (Å²) < 4.78 is 1.86. The molecule has 0 aliphatic heterocycles. The minimum Gasteiger partial charge on any atom is -0.370 e. The third kappa shape index (κ3) is 5.46. The van der Waals surface area contributed by atoms with E-state index in [0.717, 1.165) is 61.3 Å². The summed E-state index contributed by atoms with van der Waals surface area (Å²) in [6, 6.07) is 29.7. The summed E-state index contributed by atoms with van der Waals surface area (Å²) >= 11 is 0. The van der Waals surface area contributed by atoms with Gasteiger partial charge in [-0.1, -0.05) is 55.1 Å². The molecule has 0 saturated heterocycles. The molecule has 0 aliphatic rings. The Morgan fingerprint density at radius 2 is 1.71 bits per heavy atom. The Bertz CT molecular complexity index is 1890. The van der Waals surface area contributed by atoms with Gasteiger partial charge in [-0.2, -0.15) is 10.2 Å². The first-order valence-electron chi connectivity index (χ1n) is 13.4. The quantitative estimate of drug-likeness (QED) is 0.127. The van der Waals surface area contributed by atoms with Gasteiger partial charge in [0.1, 0.15) is 11.9 Å². The number of para-hydroxylation sites is 1. The lowest BCUT2D eigenvalue weighted by Gasteiger charge is -2.10. The summed E-state index contributed by atoms with van der Waals surface area (Å²) in [5, 5.41) is 30.3. The van der Waals surface area contributed by atoms with Crippen LogP contribution in [-0.4, -0.2) is 37.2 Å². The predicted octanol–water partition coefficient (Wildman–Crippen LogP) is 6.27. The summed E-state index contributed by atoms with van der Waals surface area (Å²) in [7, 11) is 1.92. The number of aliphatic hydroxyl groups is 1. The standard InChI is InChI=1S/C33H30N6O2/c1-3-30(40)34-24-10-7-9-23(20-24)33-27-18-21(14-16-29(27)39(2)38-33)15-17-31(41)35-25-11-6-8-22(19-25)32-26-12-4-5-13-28(26)36-37-32/h3-14,16,18-20,30,34,40H,1,15,17H2,2H3,(H,35,41)(H,36,37). The molecule has 0 bridgehead atoms. The number of rotatable bonds is 9. The third-order valence-corrected chi connectivity index (χ3v) is 7.12. The van der Waals surface area contributed by atoms with Crippen LogP contribution in [0.4, 0.5) is 11.4 Å². The molecule has 0 saturated carbocycles. The Balaban J connectivity index is 1.17. The molecule has 1 unspecified atom stereocenters. The monoisotopic (exact) mass is 542 g/mol. The Morgan fingerprint density at radius 3 is 2.54 bits per heavy atom. The summed E-state index contributed by atoms with van der Waals surface area (Å²) in [5.74, 6) is -0.0555. The molecule has 1 amide bonds. The first-order chi connectivity index (χ1) is 20.0. The summed E-state index contributed by atoms with van der Waals surface area (Å²) in [4.78, 5) is 12.9. The van der Waals surface area contributed by atoms with Crippen molar-refractivity contribution in [2.75, 3.05) is 10.6 Å². The van der Waals surface area contributed by atoms with Gasteiger partial charge in [-0.15, -0.1) is 0 Å². The van der Waals surface area contributed by atoms with Crippen molar-refractivity contribution >= 4 is 39.1 Å². The fourth-order valence-electron chi connectivity index (χ4n) is 5.08. The molecule has 1 atom stereocenters. The van der Waals surface area contributed by atoms with Crippen molar-refractivity contribution in [2.24, 2.45) is 7.05 Å². The van der Waals surface area contributed by atoms with Crippen molar-refractivity contribution < 1.29 is 9.90 Å². The van der Waals surface area contributed by atoms with Crippen molar-refractivity contribution in [3.05, 3.63) is 109 Å². The van der Waals surface area contributed by atoms with Crippen LogP contribution in [0.15, 0.2) is 104 Å². The number of hydrogen-bond acceptors (Lipinski definition) is 5. The number of aliphatic hydroxyl groups excluding tert-OH is 1. The van der Waals surface area contributed by atoms with Crippen molar-refractivity contribution in [1.29, 1.82) is 0 Å². The molecule has 4 N–H and O–H groups in total. The van der Waals surface area contributed by atoms with E-state index >= 15 is 0 Å². The second-order valence-electron chi connectivity index (χ2n) is 9.98. The van der Waals surface area contributed by atoms with Gasteiger partial charge in [-0.25, -0.2) is 0 Å². The molecule has 2 heterocycles. The van der Waals surface area contributed by atoms with E-state index in [1.165, 1.54) is 6.08 Å². The van der Waals surface area contributed by atoms with E-state index < -0.39 is 6.23 Å². The highest BCUT2D eigenvalue weighted by molar-refractivity contribution is 5.96. The molecule has 2 aromatic heterocycles. The van der Waals surface area contributed by atoms with Gasteiger partial charge in [0.05, 0.1) is 16.7 Å². The molecule has 0 fully saturated rings. The lowest BCUT2D eigenvalue weighted by Crippen LogP contribution is -2.14. The average molecular weight is 543 g/mol. The van der Waals surface area contributed by atoms with Gasteiger partial charge in [0.25, 0.3) is 0 Å². The maximum Gasteiger partial charge on any atom is 0.224 e. The molecule has 6 aromatic rings. The number of H-pyrrole nitrogens is 1. The molecule has 0 spiro atoms. The van der Waals surface area contributed by atoms with E-state index in [-0.39, 0.29) is 5.91 Å². The fourth-order valence-corrected chi connectivity index (χ4v) is 5.08. The van der Waals surface area contributed by atoms with Crippen LogP contribution >= 0.6 is 0 Å². The molecular formula is C33H30N6O2. The molecule has 0 radical (unpaired) electrons. The van der Waals surface area contributed by atoms with E-state index in [0.29, 0.717) is 12.8 Å². The average Bonchev–Trinajstić information content (AvgIpc) is 3.57. The highest BCUT2D eigenvalue weighted by Gasteiger charge is 2.14. The minimum absolute atomic E-state index is 0.0555. The fraction of sp³-hybridized carbons (Fsp3) is 0.121. The van der Waals surface area contributed by atoms with Crippen LogP contribution in [-0.2, 0) is 18.3 Å². The van der Waals surface area contributed by atoms with Crippen molar-refractivity contribution in [2.45, 2.75) is 19.1 Å². The number of aryl methyl sites for hydroxylation is 2. The Labute approximate surface area is 237 Å². The van der Waals surface area contributed by atoms with Gasteiger partial charge in [-0.05, 0) is 60.5 Å². The zero-order valence-electron chi connectivity index (χ0n) is 22.6. The Morgan fingerprint density at radius 1 is 0.951 bits per heavy atom. The van der Waals surface area contributed by atoms with Gasteiger partial charge in [0.15, 0.2) is 0 Å². The smallest absolute Gasteiger partial charge is 0.224 e. The number of benzene rings is 4. The number of aromatic nitrogens is 4. The first kappa shape index (κ1) is 26.0. The zero-order valence-corrected chi connectivity index (χ0v) is 22.6. The van der Waals surface area contributed by atoms with Crippen molar-refractivity contribution in [3.63, 3.8) is 0 Å². The molecule has 8 heteroatoms. The number of amides is 1. The van der Waals surface area contributed by atoms with Gasteiger partial charge in [0.2, 0.25) is 5.91 Å². The van der Waals surface area contributed by atoms with Crippen LogP contribution in [0.25, 0.3) is 44.3 Å². The molecule has 41 heavy (non-hydrogen) atoms. The van der Waals surface area contributed by atoms with Crippen LogP contribution < -0.4 is 10.6 Å².